The first kappa shape index (κ1) is 21.5. The van der Waals surface area contributed by atoms with Gasteiger partial charge in [-0.15, -0.1) is 6.58 Å². The number of rotatable bonds is 4. The zero-order chi connectivity index (χ0) is 22.4. The summed E-state index contributed by atoms with van der Waals surface area (Å²) in [6, 6.07) is 12.6. The number of allylic oxidation sites excluding steroid dienone is 1. The van der Waals surface area contributed by atoms with Gasteiger partial charge in [0, 0.05) is 11.6 Å². The van der Waals surface area contributed by atoms with Gasteiger partial charge in [-0.3, -0.25) is 0 Å². The lowest BCUT2D eigenvalue weighted by Crippen LogP contribution is -2.35. The Kier molecular flexibility index (Phi) is 5.15. The predicted octanol–water partition coefficient (Wildman–Crippen LogP) is 6.44. The standard InChI is InChI=1S/C27H32O4/c1-7-12-27(17-30-23-16-19(9-11-21(23)27)31-24(28)29-6)18-8-10-20-22(15-18)26(4,5)14-13-25(20,2)3/h7-11,15-16H,1,12-14,17H2,2-6H3. The van der Waals surface area contributed by atoms with Crippen LogP contribution in [-0.2, 0) is 21.0 Å². The molecular formula is C27H32O4. The van der Waals surface area contributed by atoms with Crippen molar-refractivity contribution in [3.63, 3.8) is 0 Å². The van der Waals surface area contributed by atoms with E-state index in [0.29, 0.717) is 12.4 Å². The van der Waals surface area contributed by atoms with Crippen molar-refractivity contribution in [1.29, 1.82) is 0 Å². The molecule has 1 aliphatic heterocycles. The van der Waals surface area contributed by atoms with Crippen molar-refractivity contribution in [1.82, 2.24) is 0 Å². The van der Waals surface area contributed by atoms with E-state index < -0.39 is 6.16 Å². The second-order valence-electron chi connectivity index (χ2n) is 10.1. The molecule has 4 heteroatoms. The van der Waals surface area contributed by atoms with E-state index in [-0.39, 0.29) is 16.2 Å². The molecule has 1 aliphatic carbocycles. The van der Waals surface area contributed by atoms with Crippen molar-refractivity contribution in [3.05, 3.63) is 71.3 Å². The van der Waals surface area contributed by atoms with Crippen molar-refractivity contribution < 1.29 is 19.0 Å². The molecule has 4 rings (SSSR count). The summed E-state index contributed by atoms with van der Waals surface area (Å²) in [5.41, 5.74) is 5.23. The van der Waals surface area contributed by atoms with Crippen molar-refractivity contribution >= 4 is 6.16 Å². The van der Waals surface area contributed by atoms with Crippen LogP contribution in [0.4, 0.5) is 4.79 Å². The lowest BCUT2D eigenvalue weighted by Gasteiger charge is -2.43. The van der Waals surface area contributed by atoms with Gasteiger partial charge in [-0.25, -0.2) is 4.79 Å². The molecule has 0 saturated carbocycles. The van der Waals surface area contributed by atoms with Crippen molar-refractivity contribution in [2.24, 2.45) is 0 Å². The summed E-state index contributed by atoms with van der Waals surface area (Å²) >= 11 is 0. The molecule has 31 heavy (non-hydrogen) atoms. The summed E-state index contributed by atoms with van der Waals surface area (Å²) in [5, 5.41) is 0. The quantitative estimate of drug-likeness (QED) is 0.324. The molecule has 2 aromatic carbocycles. The average Bonchev–Trinajstić information content (AvgIpc) is 3.10. The van der Waals surface area contributed by atoms with Crippen LogP contribution in [-0.4, -0.2) is 19.9 Å². The van der Waals surface area contributed by atoms with Crippen LogP contribution >= 0.6 is 0 Å². The number of hydrogen-bond acceptors (Lipinski definition) is 4. The highest BCUT2D eigenvalue weighted by molar-refractivity contribution is 5.65. The van der Waals surface area contributed by atoms with Crippen LogP contribution in [0.25, 0.3) is 0 Å². The second-order valence-corrected chi connectivity index (χ2v) is 10.1. The number of fused-ring (bicyclic) bond motifs is 2. The summed E-state index contributed by atoms with van der Waals surface area (Å²) in [4.78, 5) is 11.5. The molecule has 0 radical (unpaired) electrons. The van der Waals surface area contributed by atoms with Crippen LogP contribution in [0.3, 0.4) is 0 Å². The normalized spacial score (nSPS) is 22.6. The summed E-state index contributed by atoms with van der Waals surface area (Å²) in [6.45, 7) is 13.9. The molecule has 2 aromatic rings. The van der Waals surface area contributed by atoms with Gasteiger partial charge in [0.25, 0.3) is 0 Å². The number of benzene rings is 2. The summed E-state index contributed by atoms with van der Waals surface area (Å²) in [6.07, 6.45) is 4.35. The molecule has 0 saturated heterocycles. The van der Waals surface area contributed by atoms with Gasteiger partial charge in [0.15, 0.2) is 0 Å². The smallest absolute Gasteiger partial charge is 0.492 e. The molecule has 4 nitrogen and oxygen atoms in total. The summed E-state index contributed by atoms with van der Waals surface area (Å²) in [7, 11) is 1.29. The van der Waals surface area contributed by atoms with E-state index in [1.807, 2.05) is 12.1 Å². The van der Waals surface area contributed by atoms with Crippen molar-refractivity contribution in [3.8, 4) is 11.5 Å². The number of carbonyl (C=O) groups is 1. The third-order valence-corrected chi connectivity index (χ3v) is 7.21. The van der Waals surface area contributed by atoms with Crippen LogP contribution in [0.2, 0.25) is 0 Å². The molecule has 0 aromatic heterocycles. The fourth-order valence-corrected chi connectivity index (χ4v) is 5.16. The molecule has 2 aliphatic rings. The number of hydrogen-bond donors (Lipinski definition) is 0. The maximum atomic E-state index is 11.5. The Morgan fingerprint density at radius 2 is 1.71 bits per heavy atom. The average molecular weight is 421 g/mol. The molecule has 0 spiro atoms. The maximum absolute atomic E-state index is 11.5. The highest BCUT2D eigenvalue weighted by Crippen LogP contribution is 2.51. The van der Waals surface area contributed by atoms with Crippen molar-refractivity contribution in [2.45, 2.75) is 63.2 Å². The Balaban J connectivity index is 1.82. The molecule has 164 valence electrons. The minimum Gasteiger partial charge on any atom is -0.492 e. The Morgan fingerprint density at radius 1 is 1.03 bits per heavy atom. The van der Waals surface area contributed by atoms with Crippen LogP contribution in [0.1, 0.15) is 69.2 Å². The van der Waals surface area contributed by atoms with E-state index in [0.717, 1.165) is 17.7 Å². The maximum Gasteiger partial charge on any atom is 0.513 e. The molecule has 0 amide bonds. The molecule has 0 fully saturated rings. The predicted molar refractivity (Wildman–Crippen MR) is 122 cm³/mol. The first-order chi connectivity index (χ1) is 14.6. The fourth-order valence-electron chi connectivity index (χ4n) is 5.16. The van der Waals surface area contributed by atoms with Crippen molar-refractivity contribution in [2.75, 3.05) is 13.7 Å². The van der Waals surface area contributed by atoms with E-state index in [4.69, 9.17) is 9.47 Å². The highest BCUT2D eigenvalue weighted by Gasteiger charge is 2.44. The van der Waals surface area contributed by atoms with Gasteiger partial charge in [-0.1, -0.05) is 58.0 Å². The van der Waals surface area contributed by atoms with Crippen LogP contribution in [0, 0.1) is 0 Å². The molecular weight excluding hydrogens is 388 g/mol. The van der Waals surface area contributed by atoms with E-state index in [9.17, 15) is 4.79 Å². The first-order valence-electron chi connectivity index (χ1n) is 10.9. The Hall–Kier alpha value is -2.75. The SMILES string of the molecule is C=CCC1(c2ccc3c(c2)C(C)(C)CCC3(C)C)COc2cc(OC(=O)OC)ccc21. The van der Waals surface area contributed by atoms with E-state index in [2.05, 4.69) is 57.2 Å². The van der Waals surface area contributed by atoms with Gasteiger partial charge in [0.2, 0.25) is 0 Å². The van der Waals surface area contributed by atoms with E-state index >= 15 is 0 Å². The minimum atomic E-state index is -0.741. The topological polar surface area (TPSA) is 44.8 Å². The zero-order valence-electron chi connectivity index (χ0n) is 19.2. The molecule has 1 unspecified atom stereocenters. The molecule has 1 heterocycles. The summed E-state index contributed by atoms with van der Waals surface area (Å²) in [5.74, 6) is 1.15. The Morgan fingerprint density at radius 3 is 2.39 bits per heavy atom. The lowest BCUT2D eigenvalue weighted by atomic mass is 9.61. The van der Waals surface area contributed by atoms with E-state index in [1.54, 1.807) is 12.1 Å². The molecule has 0 N–H and O–H groups in total. The Labute approximate surface area is 185 Å². The van der Waals surface area contributed by atoms with Gasteiger partial charge in [0.05, 0.1) is 12.5 Å². The van der Waals surface area contributed by atoms with Gasteiger partial charge >= 0.3 is 6.16 Å². The monoisotopic (exact) mass is 420 g/mol. The van der Waals surface area contributed by atoms with Gasteiger partial charge in [-0.2, -0.15) is 0 Å². The molecule has 0 bridgehead atoms. The highest BCUT2D eigenvalue weighted by atomic mass is 16.7. The number of carbonyl (C=O) groups excluding carboxylic acids is 1. The number of ether oxygens (including phenoxy) is 3. The number of methoxy groups -OCH3 is 1. The van der Waals surface area contributed by atoms with E-state index in [1.165, 1.54) is 36.6 Å². The third-order valence-electron chi connectivity index (χ3n) is 7.21. The van der Waals surface area contributed by atoms with Crippen LogP contribution in [0.15, 0.2) is 49.1 Å². The fraction of sp³-hybridized carbons (Fsp3) is 0.444. The minimum absolute atomic E-state index is 0.136. The lowest BCUT2D eigenvalue weighted by molar-refractivity contribution is 0.121. The van der Waals surface area contributed by atoms with Crippen LogP contribution in [0.5, 0.6) is 11.5 Å². The largest absolute Gasteiger partial charge is 0.513 e. The van der Waals surface area contributed by atoms with Gasteiger partial charge in [0.1, 0.15) is 18.1 Å². The zero-order valence-corrected chi connectivity index (χ0v) is 19.2. The molecule has 1 atom stereocenters. The first-order valence-corrected chi connectivity index (χ1v) is 10.9. The Bertz CT molecular complexity index is 1030. The van der Waals surface area contributed by atoms with Gasteiger partial charge in [-0.05, 0) is 52.8 Å². The third kappa shape index (κ3) is 3.52. The second kappa shape index (κ2) is 7.44. The van der Waals surface area contributed by atoms with Gasteiger partial charge < -0.3 is 14.2 Å². The van der Waals surface area contributed by atoms with Crippen LogP contribution < -0.4 is 9.47 Å². The summed E-state index contributed by atoms with van der Waals surface area (Å²) < 4.78 is 15.9.